The number of aromatic nitrogens is 3. The predicted octanol–water partition coefficient (Wildman–Crippen LogP) is 2.07. The van der Waals surface area contributed by atoms with E-state index in [1.807, 2.05) is 35.9 Å². The summed E-state index contributed by atoms with van der Waals surface area (Å²) in [5.41, 5.74) is 3.16. The predicted molar refractivity (Wildman–Crippen MR) is 136 cm³/mol. The number of rotatable bonds is 8. The van der Waals surface area contributed by atoms with E-state index in [1.54, 1.807) is 7.05 Å². The van der Waals surface area contributed by atoms with Gasteiger partial charge in [0.15, 0.2) is 17.3 Å². The summed E-state index contributed by atoms with van der Waals surface area (Å²) in [4.78, 5) is 49.5. The van der Waals surface area contributed by atoms with Gasteiger partial charge in [-0.15, -0.1) is 0 Å². The molecular weight excluding hydrogens is 446 g/mol. The molecule has 10 nitrogen and oxygen atoms in total. The molecule has 35 heavy (non-hydrogen) atoms. The van der Waals surface area contributed by atoms with Crippen LogP contribution in [0.25, 0.3) is 6.08 Å². The van der Waals surface area contributed by atoms with Crippen LogP contribution >= 0.6 is 0 Å². The molecule has 0 atom stereocenters. The Labute approximate surface area is 205 Å². The van der Waals surface area contributed by atoms with Crippen LogP contribution in [0.2, 0.25) is 0 Å². The smallest absolute Gasteiger partial charge is 0.278 e. The summed E-state index contributed by atoms with van der Waals surface area (Å²) < 4.78 is 1.88. The topological polar surface area (TPSA) is 115 Å². The Morgan fingerprint density at radius 3 is 2.60 bits per heavy atom. The van der Waals surface area contributed by atoms with Crippen LogP contribution in [0.3, 0.4) is 0 Å². The van der Waals surface area contributed by atoms with Crippen molar-refractivity contribution in [1.82, 2.24) is 24.8 Å². The molecule has 2 aliphatic rings. The van der Waals surface area contributed by atoms with E-state index in [1.165, 1.54) is 6.92 Å². The zero-order valence-electron chi connectivity index (χ0n) is 20.6. The average Bonchev–Trinajstić information content (AvgIpc) is 3.32. The molecule has 10 heteroatoms. The molecule has 2 aromatic heterocycles. The first kappa shape index (κ1) is 24.5. The number of fused-ring (bicyclic) bond motifs is 1. The van der Waals surface area contributed by atoms with E-state index in [4.69, 9.17) is 0 Å². The first-order valence-electron chi connectivity index (χ1n) is 12.1. The number of hydrogen-bond acceptors (Lipinski definition) is 7. The number of imidazole rings is 1. The summed E-state index contributed by atoms with van der Waals surface area (Å²) in [5, 5.41) is 5.35. The van der Waals surface area contributed by atoms with Crippen LogP contribution < -0.4 is 15.5 Å². The maximum absolute atomic E-state index is 13.1. The number of H-pyrrole nitrogens is 1. The van der Waals surface area contributed by atoms with Crippen LogP contribution in [-0.4, -0.2) is 76.8 Å². The summed E-state index contributed by atoms with van der Waals surface area (Å²) >= 11 is 0. The van der Waals surface area contributed by atoms with E-state index in [2.05, 4.69) is 36.5 Å². The standard InChI is InChI=1S/C25H33N7O3/c1-4-10-32-22(24(35)28-17(2)33)23(26-3)29-25(32)31-13-11-30(12-14-31)16-21(34)19-15-27-20-9-7-5-6-8-18(19)20/h5-7,9,15,26-27H,4,8,10-14,16H2,1-3H3,(H,28,33,35). The highest BCUT2D eigenvalue weighted by Crippen LogP contribution is 2.26. The second-order valence-corrected chi connectivity index (χ2v) is 8.79. The Balaban J connectivity index is 1.45. The van der Waals surface area contributed by atoms with Crippen LogP contribution in [0, 0.1) is 0 Å². The molecule has 3 N–H and O–H groups in total. The molecular formula is C25H33N7O3. The van der Waals surface area contributed by atoms with Crippen LogP contribution in [0.4, 0.5) is 11.8 Å². The third kappa shape index (κ3) is 5.22. The minimum absolute atomic E-state index is 0.118. The molecule has 0 aromatic carbocycles. The number of anilines is 2. The Bertz CT molecular complexity index is 1170. The summed E-state index contributed by atoms with van der Waals surface area (Å²) in [6, 6.07) is 0. The van der Waals surface area contributed by atoms with E-state index in [9.17, 15) is 14.4 Å². The number of ketones is 1. The van der Waals surface area contributed by atoms with Crippen molar-refractivity contribution in [2.24, 2.45) is 0 Å². The van der Waals surface area contributed by atoms with Crippen LogP contribution in [0.15, 0.2) is 24.4 Å². The Kier molecular flexibility index (Phi) is 7.50. The number of amides is 2. The Hall–Kier alpha value is -3.66. The van der Waals surface area contributed by atoms with Gasteiger partial charge in [0.05, 0.1) is 6.54 Å². The molecule has 186 valence electrons. The Morgan fingerprint density at radius 2 is 1.91 bits per heavy atom. The number of Topliss-reactive ketones (excluding diaryl/α,β-unsaturated/α-hetero) is 1. The van der Waals surface area contributed by atoms with Gasteiger partial charge in [0, 0.05) is 64.1 Å². The molecule has 2 aromatic rings. The van der Waals surface area contributed by atoms with Gasteiger partial charge in [-0.2, -0.15) is 4.98 Å². The maximum atomic E-state index is 13.1. The Morgan fingerprint density at radius 1 is 1.14 bits per heavy atom. The monoisotopic (exact) mass is 479 g/mol. The van der Waals surface area contributed by atoms with Crippen molar-refractivity contribution < 1.29 is 14.4 Å². The number of nitrogens with one attached hydrogen (secondary N) is 3. The number of imide groups is 1. The molecule has 0 bridgehead atoms. The SMILES string of the molecule is CCCn1c(N2CCN(CC(=O)c3c[nH]c4c3CC=CC=C4)CC2)nc(NC)c1C(=O)NC(C)=O. The van der Waals surface area contributed by atoms with Gasteiger partial charge < -0.3 is 19.8 Å². The van der Waals surface area contributed by atoms with Crippen molar-refractivity contribution in [3.05, 3.63) is 46.9 Å². The lowest BCUT2D eigenvalue weighted by molar-refractivity contribution is -0.118. The molecule has 0 unspecified atom stereocenters. The largest absolute Gasteiger partial charge is 0.371 e. The lowest BCUT2D eigenvalue weighted by atomic mass is 10.0. The number of carbonyl (C=O) groups excluding carboxylic acids is 3. The second kappa shape index (κ2) is 10.7. The number of aromatic amines is 1. The quantitative estimate of drug-likeness (QED) is 0.497. The molecule has 1 aliphatic heterocycles. The molecule has 3 heterocycles. The van der Waals surface area contributed by atoms with Crippen LogP contribution in [0.1, 0.15) is 52.4 Å². The van der Waals surface area contributed by atoms with Crippen LogP contribution in [-0.2, 0) is 17.8 Å². The van der Waals surface area contributed by atoms with Gasteiger partial charge in [-0.05, 0) is 24.5 Å². The van der Waals surface area contributed by atoms with Gasteiger partial charge in [0.2, 0.25) is 11.9 Å². The van der Waals surface area contributed by atoms with E-state index >= 15 is 0 Å². The van der Waals surface area contributed by atoms with E-state index in [-0.39, 0.29) is 5.78 Å². The van der Waals surface area contributed by atoms with Gasteiger partial charge in [-0.25, -0.2) is 0 Å². The first-order valence-corrected chi connectivity index (χ1v) is 12.1. The highest BCUT2D eigenvalue weighted by molar-refractivity contribution is 6.06. The van der Waals surface area contributed by atoms with Crippen molar-refractivity contribution >= 4 is 35.4 Å². The van der Waals surface area contributed by atoms with Crippen molar-refractivity contribution in [3.63, 3.8) is 0 Å². The number of hydrogen-bond donors (Lipinski definition) is 3. The fourth-order valence-corrected chi connectivity index (χ4v) is 4.64. The number of allylic oxidation sites excluding steroid dienone is 3. The lowest BCUT2D eigenvalue weighted by Crippen LogP contribution is -2.48. The average molecular weight is 480 g/mol. The molecule has 1 saturated heterocycles. The van der Waals surface area contributed by atoms with E-state index in [0.717, 1.165) is 29.7 Å². The molecule has 1 aliphatic carbocycles. The van der Waals surface area contributed by atoms with Gasteiger partial charge in [-0.3, -0.25) is 24.6 Å². The highest BCUT2D eigenvalue weighted by Gasteiger charge is 2.29. The fourth-order valence-electron chi connectivity index (χ4n) is 4.64. The van der Waals surface area contributed by atoms with Gasteiger partial charge in [0.1, 0.15) is 0 Å². The van der Waals surface area contributed by atoms with Crippen molar-refractivity contribution in [3.8, 4) is 0 Å². The highest BCUT2D eigenvalue weighted by atomic mass is 16.2. The number of carbonyl (C=O) groups is 3. The molecule has 2 amide bonds. The van der Waals surface area contributed by atoms with E-state index in [0.29, 0.717) is 56.7 Å². The molecule has 0 saturated carbocycles. The van der Waals surface area contributed by atoms with Crippen LogP contribution in [0.5, 0.6) is 0 Å². The fraction of sp³-hybridized carbons (Fsp3) is 0.440. The number of piperazine rings is 1. The molecule has 1 fully saturated rings. The first-order chi connectivity index (χ1) is 16.9. The summed E-state index contributed by atoms with van der Waals surface area (Å²) in [6.45, 7) is 7.10. The van der Waals surface area contributed by atoms with Crippen molar-refractivity contribution in [2.75, 3.05) is 50.0 Å². The molecule has 0 radical (unpaired) electrons. The van der Waals surface area contributed by atoms with Crippen molar-refractivity contribution in [2.45, 2.75) is 33.2 Å². The van der Waals surface area contributed by atoms with Gasteiger partial charge >= 0.3 is 0 Å². The minimum atomic E-state index is -0.464. The normalized spacial score (nSPS) is 15.6. The van der Waals surface area contributed by atoms with E-state index < -0.39 is 11.8 Å². The zero-order valence-corrected chi connectivity index (χ0v) is 20.6. The van der Waals surface area contributed by atoms with Gasteiger partial charge in [-0.1, -0.05) is 25.2 Å². The lowest BCUT2D eigenvalue weighted by Gasteiger charge is -2.35. The third-order valence-electron chi connectivity index (χ3n) is 6.31. The second-order valence-electron chi connectivity index (χ2n) is 8.79. The minimum Gasteiger partial charge on any atom is -0.371 e. The third-order valence-corrected chi connectivity index (χ3v) is 6.31. The summed E-state index contributed by atoms with van der Waals surface area (Å²) in [5.74, 6) is 0.389. The summed E-state index contributed by atoms with van der Waals surface area (Å²) in [6.07, 6.45) is 11.4. The zero-order chi connectivity index (χ0) is 24.9. The summed E-state index contributed by atoms with van der Waals surface area (Å²) in [7, 11) is 1.71. The van der Waals surface area contributed by atoms with Gasteiger partial charge in [0.25, 0.3) is 5.91 Å². The molecule has 4 rings (SSSR count). The number of nitrogens with zero attached hydrogens (tertiary/aromatic N) is 4. The van der Waals surface area contributed by atoms with Crippen molar-refractivity contribution in [1.29, 1.82) is 0 Å². The molecule has 0 spiro atoms. The maximum Gasteiger partial charge on any atom is 0.278 e.